The zero-order chi connectivity index (χ0) is 13.6. The molecule has 0 amide bonds. The van der Waals surface area contributed by atoms with Gasteiger partial charge in [0.1, 0.15) is 5.82 Å². The van der Waals surface area contributed by atoms with Crippen LogP contribution in [0.15, 0.2) is 6.07 Å². The predicted octanol–water partition coefficient (Wildman–Crippen LogP) is 2.18. The Hall–Kier alpha value is -1.36. The number of rotatable bonds is 7. The molecule has 0 aliphatic heterocycles. The van der Waals surface area contributed by atoms with Gasteiger partial charge in [-0.2, -0.15) is 4.98 Å². The monoisotopic (exact) mass is 252 g/mol. The summed E-state index contributed by atoms with van der Waals surface area (Å²) < 4.78 is 0. The van der Waals surface area contributed by atoms with Gasteiger partial charge in [0.15, 0.2) is 0 Å². The highest BCUT2D eigenvalue weighted by Gasteiger charge is 2.21. The Morgan fingerprint density at radius 1 is 1.33 bits per heavy atom. The molecule has 5 nitrogen and oxygen atoms in total. The lowest BCUT2D eigenvalue weighted by Gasteiger charge is -2.29. The standard InChI is InChI=1S/C13H24N4O/c1-5-13(4,7-8-18)17-11-9-10(3)15-12(16-11)14-6-2/h9,18H,5-8H2,1-4H3,(H2,14,15,16,17). The van der Waals surface area contributed by atoms with Crippen molar-refractivity contribution in [3.63, 3.8) is 0 Å². The summed E-state index contributed by atoms with van der Waals surface area (Å²) in [6.45, 7) is 9.12. The van der Waals surface area contributed by atoms with Crippen molar-refractivity contribution in [3.05, 3.63) is 11.8 Å². The molecule has 0 aliphatic rings. The fourth-order valence-electron chi connectivity index (χ4n) is 1.75. The highest BCUT2D eigenvalue weighted by atomic mass is 16.3. The first-order valence-corrected chi connectivity index (χ1v) is 6.51. The topological polar surface area (TPSA) is 70.1 Å². The number of hydrogen-bond donors (Lipinski definition) is 3. The summed E-state index contributed by atoms with van der Waals surface area (Å²) in [5, 5.41) is 15.6. The van der Waals surface area contributed by atoms with E-state index in [-0.39, 0.29) is 12.1 Å². The molecular formula is C13H24N4O. The number of nitrogens with one attached hydrogen (secondary N) is 2. The lowest BCUT2D eigenvalue weighted by molar-refractivity contribution is 0.252. The number of aromatic nitrogens is 2. The minimum Gasteiger partial charge on any atom is -0.396 e. The van der Waals surface area contributed by atoms with Gasteiger partial charge in [-0.1, -0.05) is 6.92 Å². The maximum atomic E-state index is 9.12. The summed E-state index contributed by atoms with van der Waals surface area (Å²) in [7, 11) is 0. The first-order chi connectivity index (χ1) is 8.53. The summed E-state index contributed by atoms with van der Waals surface area (Å²) in [6.07, 6.45) is 1.62. The van der Waals surface area contributed by atoms with Crippen LogP contribution in [0.4, 0.5) is 11.8 Å². The summed E-state index contributed by atoms with van der Waals surface area (Å²) >= 11 is 0. The Labute approximate surface area is 109 Å². The van der Waals surface area contributed by atoms with Crippen molar-refractivity contribution in [2.24, 2.45) is 0 Å². The molecule has 0 fully saturated rings. The Morgan fingerprint density at radius 2 is 2.06 bits per heavy atom. The molecule has 102 valence electrons. The van der Waals surface area contributed by atoms with E-state index < -0.39 is 0 Å². The van der Waals surface area contributed by atoms with E-state index in [0.29, 0.717) is 12.4 Å². The van der Waals surface area contributed by atoms with Crippen molar-refractivity contribution in [1.82, 2.24) is 9.97 Å². The van der Waals surface area contributed by atoms with Gasteiger partial charge >= 0.3 is 0 Å². The van der Waals surface area contributed by atoms with E-state index in [1.165, 1.54) is 0 Å². The van der Waals surface area contributed by atoms with Gasteiger partial charge in [-0.3, -0.25) is 0 Å². The highest BCUT2D eigenvalue weighted by Crippen LogP contribution is 2.21. The van der Waals surface area contributed by atoms with E-state index in [1.807, 2.05) is 19.9 Å². The average Bonchev–Trinajstić information content (AvgIpc) is 2.28. The molecule has 3 N–H and O–H groups in total. The first-order valence-electron chi connectivity index (χ1n) is 6.51. The second kappa shape index (κ2) is 6.54. The van der Waals surface area contributed by atoms with E-state index in [1.54, 1.807) is 0 Å². The molecule has 1 rings (SSSR count). The van der Waals surface area contributed by atoms with Crippen LogP contribution < -0.4 is 10.6 Å². The van der Waals surface area contributed by atoms with Crippen molar-refractivity contribution >= 4 is 11.8 Å². The molecule has 0 spiro atoms. The van der Waals surface area contributed by atoms with Crippen molar-refractivity contribution in [3.8, 4) is 0 Å². The molecule has 0 radical (unpaired) electrons. The fraction of sp³-hybridized carbons (Fsp3) is 0.692. The third-order valence-electron chi connectivity index (χ3n) is 3.06. The Morgan fingerprint density at radius 3 is 2.61 bits per heavy atom. The van der Waals surface area contributed by atoms with Gasteiger partial charge in [0.25, 0.3) is 0 Å². The maximum absolute atomic E-state index is 9.12. The fourth-order valence-corrected chi connectivity index (χ4v) is 1.75. The zero-order valence-corrected chi connectivity index (χ0v) is 11.7. The van der Waals surface area contributed by atoms with Crippen LogP contribution in [0.1, 0.15) is 39.3 Å². The van der Waals surface area contributed by atoms with Crippen LogP contribution in [0.5, 0.6) is 0 Å². The van der Waals surface area contributed by atoms with Crippen molar-refractivity contribution in [2.45, 2.75) is 46.1 Å². The van der Waals surface area contributed by atoms with E-state index in [9.17, 15) is 0 Å². The van der Waals surface area contributed by atoms with Gasteiger partial charge in [0.2, 0.25) is 5.95 Å². The smallest absolute Gasteiger partial charge is 0.224 e. The van der Waals surface area contributed by atoms with E-state index in [4.69, 9.17) is 5.11 Å². The number of anilines is 2. The second-order valence-electron chi connectivity index (χ2n) is 4.76. The lowest BCUT2D eigenvalue weighted by atomic mass is 9.95. The van der Waals surface area contributed by atoms with Gasteiger partial charge in [0, 0.05) is 30.5 Å². The molecule has 5 heteroatoms. The molecule has 0 saturated heterocycles. The van der Waals surface area contributed by atoms with E-state index >= 15 is 0 Å². The summed E-state index contributed by atoms with van der Waals surface area (Å²) in [4.78, 5) is 8.74. The zero-order valence-electron chi connectivity index (χ0n) is 11.7. The highest BCUT2D eigenvalue weighted by molar-refractivity contribution is 5.44. The number of nitrogens with zero attached hydrogens (tertiary/aromatic N) is 2. The molecule has 1 aromatic heterocycles. The quantitative estimate of drug-likeness (QED) is 0.694. The molecule has 1 aromatic rings. The van der Waals surface area contributed by atoms with Crippen LogP contribution in [-0.2, 0) is 0 Å². The molecule has 0 saturated carbocycles. The third kappa shape index (κ3) is 4.14. The molecule has 18 heavy (non-hydrogen) atoms. The summed E-state index contributed by atoms with van der Waals surface area (Å²) in [5.41, 5.74) is 0.782. The third-order valence-corrected chi connectivity index (χ3v) is 3.06. The van der Waals surface area contributed by atoms with Crippen LogP contribution in [0.25, 0.3) is 0 Å². The van der Waals surface area contributed by atoms with Crippen LogP contribution >= 0.6 is 0 Å². The molecule has 1 heterocycles. The van der Waals surface area contributed by atoms with Crippen molar-refractivity contribution < 1.29 is 5.11 Å². The minimum atomic E-state index is -0.140. The van der Waals surface area contributed by atoms with Gasteiger partial charge in [0.05, 0.1) is 0 Å². The van der Waals surface area contributed by atoms with Crippen LogP contribution in [-0.4, -0.2) is 33.8 Å². The summed E-state index contributed by atoms with van der Waals surface area (Å²) in [5.74, 6) is 1.44. The number of aliphatic hydroxyl groups is 1. The largest absolute Gasteiger partial charge is 0.396 e. The second-order valence-corrected chi connectivity index (χ2v) is 4.76. The van der Waals surface area contributed by atoms with E-state index in [0.717, 1.165) is 24.5 Å². The Bertz CT molecular complexity index is 383. The maximum Gasteiger partial charge on any atom is 0.224 e. The first kappa shape index (κ1) is 14.7. The molecule has 1 atom stereocenters. The molecule has 0 aromatic carbocycles. The van der Waals surface area contributed by atoms with E-state index in [2.05, 4.69) is 34.4 Å². The van der Waals surface area contributed by atoms with Gasteiger partial charge in [-0.05, 0) is 33.6 Å². The van der Waals surface area contributed by atoms with Crippen LogP contribution in [0.3, 0.4) is 0 Å². The van der Waals surface area contributed by atoms with Crippen molar-refractivity contribution in [2.75, 3.05) is 23.8 Å². The average molecular weight is 252 g/mol. The van der Waals surface area contributed by atoms with Gasteiger partial charge in [-0.15, -0.1) is 0 Å². The van der Waals surface area contributed by atoms with Gasteiger partial charge in [-0.25, -0.2) is 4.98 Å². The minimum absolute atomic E-state index is 0.140. The van der Waals surface area contributed by atoms with Crippen LogP contribution in [0.2, 0.25) is 0 Å². The Balaban J connectivity index is 2.88. The number of hydrogen-bond acceptors (Lipinski definition) is 5. The van der Waals surface area contributed by atoms with Crippen LogP contribution in [0, 0.1) is 6.92 Å². The number of aliphatic hydroxyl groups excluding tert-OH is 1. The lowest BCUT2D eigenvalue weighted by Crippen LogP contribution is -2.35. The number of aryl methyl sites for hydroxylation is 1. The van der Waals surface area contributed by atoms with Crippen molar-refractivity contribution in [1.29, 1.82) is 0 Å². The summed E-state index contributed by atoms with van der Waals surface area (Å²) in [6, 6.07) is 1.92. The molecular weight excluding hydrogens is 228 g/mol. The Kier molecular flexibility index (Phi) is 5.34. The van der Waals surface area contributed by atoms with Gasteiger partial charge < -0.3 is 15.7 Å². The molecule has 0 aliphatic carbocycles. The SMILES string of the molecule is CCNc1nc(C)cc(NC(C)(CC)CCO)n1. The molecule has 1 unspecified atom stereocenters. The normalized spacial score (nSPS) is 14.1. The predicted molar refractivity (Wildman–Crippen MR) is 75.0 cm³/mol. The molecule has 0 bridgehead atoms.